The summed E-state index contributed by atoms with van der Waals surface area (Å²) < 4.78 is 15.4. The minimum atomic E-state index is -0.181. The van der Waals surface area contributed by atoms with E-state index in [1.165, 1.54) is 11.3 Å². The highest BCUT2D eigenvalue weighted by atomic mass is 32.1. The van der Waals surface area contributed by atoms with Gasteiger partial charge in [0.05, 0.1) is 18.1 Å². The molecular formula is C16H11FN2S. The SMILES string of the molecule is Fc1sc2ccccc2c1C1NC=Nc2ccccc21. The Morgan fingerprint density at radius 3 is 2.80 bits per heavy atom. The summed E-state index contributed by atoms with van der Waals surface area (Å²) in [6.07, 6.45) is 1.65. The Hall–Kier alpha value is -2.20. The number of halogens is 1. The highest BCUT2D eigenvalue weighted by Gasteiger charge is 2.25. The number of hydrogen-bond acceptors (Lipinski definition) is 3. The molecule has 0 saturated carbocycles. The van der Waals surface area contributed by atoms with Gasteiger partial charge >= 0.3 is 0 Å². The zero-order chi connectivity index (χ0) is 13.5. The number of aliphatic imine (C=N–C) groups is 1. The Balaban J connectivity index is 1.96. The largest absolute Gasteiger partial charge is 0.365 e. The lowest BCUT2D eigenvalue weighted by molar-refractivity contribution is 0.619. The van der Waals surface area contributed by atoms with Crippen LogP contribution in [0.4, 0.5) is 10.1 Å². The predicted octanol–water partition coefficient (Wildman–Crippen LogP) is 4.39. The van der Waals surface area contributed by atoms with E-state index in [1.54, 1.807) is 6.34 Å². The molecule has 2 nitrogen and oxygen atoms in total. The number of nitrogens with one attached hydrogen (secondary N) is 1. The van der Waals surface area contributed by atoms with Crippen LogP contribution in [0.1, 0.15) is 17.2 Å². The molecule has 1 atom stereocenters. The first-order chi connectivity index (χ1) is 9.84. The maximum atomic E-state index is 14.4. The van der Waals surface area contributed by atoms with Crippen molar-refractivity contribution in [3.05, 3.63) is 64.8 Å². The molecule has 0 amide bonds. The van der Waals surface area contributed by atoms with Crippen LogP contribution in [0.25, 0.3) is 10.1 Å². The van der Waals surface area contributed by atoms with Crippen LogP contribution in [0.3, 0.4) is 0 Å². The van der Waals surface area contributed by atoms with Crippen molar-refractivity contribution in [2.45, 2.75) is 6.04 Å². The number of rotatable bonds is 1. The quantitative estimate of drug-likeness (QED) is 0.703. The van der Waals surface area contributed by atoms with Gasteiger partial charge in [-0.3, -0.25) is 0 Å². The van der Waals surface area contributed by atoms with Crippen molar-refractivity contribution in [3.8, 4) is 0 Å². The Morgan fingerprint density at radius 1 is 1.05 bits per heavy atom. The lowest BCUT2D eigenvalue weighted by atomic mass is 9.96. The van der Waals surface area contributed by atoms with E-state index in [2.05, 4.69) is 10.3 Å². The number of nitrogens with zero attached hydrogens (tertiary/aromatic N) is 1. The van der Waals surface area contributed by atoms with Crippen molar-refractivity contribution >= 4 is 33.4 Å². The minimum Gasteiger partial charge on any atom is -0.365 e. The smallest absolute Gasteiger partial charge is 0.183 e. The summed E-state index contributed by atoms with van der Waals surface area (Å²) >= 11 is 1.20. The van der Waals surface area contributed by atoms with Crippen LogP contribution < -0.4 is 5.32 Å². The minimum absolute atomic E-state index is 0.131. The molecule has 4 heteroatoms. The van der Waals surface area contributed by atoms with Crippen LogP contribution in [0.2, 0.25) is 0 Å². The van der Waals surface area contributed by atoms with Gasteiger partial charge in [-0.25, -0.2) is 4.99 Å². The van der Waals surface area contributed by atoms with Gasteiger partial charge in [0, 0.05) is 21.2 Å². The molecule has 1 aromatic heterocycles. The maximum Gasteiger partial charge on any atom is 0.183 e. The van der Waals surface area contributed by atoms with Crippen LogP contribution in [-0.4, -0.2) is 6.34 Å². The first-order valence-corrected chi connectivity index (χ1v) is 7.20. The Kier molecular flexibility index (Phi) is 2.57. The zero-order valence-corrected chi connectivity index (χ0v) is 11.3. The van der Waals surface area contributed by atoms with Crippen LogP contribution in [0, 0.1) is 5.13 Å². The van der Waals surface area contributed by atoms with Gasteiger partial charge in [-0.1, -0.05) is 36.4 Å². The fourth-order valence-corrected chi connectivity index (χ4v) is 3.63. The summed E-state index contributed by atoms with van der Waals surface area (Å²) in [7, 11) is 0. The van der Waals surface area contributed by atoms with Gasteiger partial charge in [0.2, 0.25) is 0 Å². The second kappa shape index (κ2) is 4.42. The molecule has 0 aliphatic carbocycles. The van der Waals surface area contributed by atoms with E-state index in [4.69, 9.17) is 0 Å². The summed E-state index contributed by atoms with van der Waals surface area (Å²) in [5.74, 6) is 0. The Bertz CT molecular complexity index is 822. The molecular weight excluding hydrogens is 271 g/mol. The molecule has 1 aliphatic rings. The number of benzene rings is 2. The fraction of sp³-hybridized carbons (Fsp3) is 0.0625. The number of thiophene rings is 1. The molecule has 98 valence electrons. The first-order valence-electron chi connectivity index (χ1n) is 6.39. The molecule has 1 N–H and O–H groups in total. The highest BCUT2D eigenvalue weighted by molar-refractivity contribution is 7.17. The summed E-state index contributed by atoms with van der Waals surface area (Å²) in [4.78, 5) is 4.31. The van der Waals surface area contributed by atoms with Crippen molar-refractivity contribution in [2.75, 3.05) is 0 Å². The van der Waals surface area contributed by atoms with Gasteiger partial charge in [-0.15, -0.1) is 11.3 Å². The van der Waals surface area contributed by atoms with E-state index in [0.29, 0.717) is 5.56 Å². The molecule has 1 aliphatic heterocycles. The van der Waals surface area contributed by atoms with Crippen LogP contribution >= 0.6 is 11.3 Å². The molecule has 0 saturated heterocycles. The van der Waals surface area contributed by atoms with Crippen LogP contribution in [0.5, 0.6) is 0 Å². The van der Waals surface area contributed by atoms with Crippen molar-refractivity contribution in [1.29, 1.82) is 0 Å². The molecule has 1 unspecified atom stereocenters. The zero-order valence-electron chi connectivity index (χ0n) is 10.5. The average Bonchev–Trinajstić information content (AvgIpc) is 2.82. The highest BCUT2D eigenvalue weighted by Crippen LogP contribution is 2.40. The average molecular weight is 282 g/mol. The number of fused-ring (bicyclic) bond motifs is 2. The van der Waals surface area contributed by atoms with Crippen LogP contribution in [0.15, 0.2) is 53.5 Å². The molecule has 2 heterocycles. The number of hydrogen-bond donors (Lipinski definition) is 1. The third kappa shape index (κ3) is 1.65. The molecule has 20 heavy (non-hydrogen) atoms. The Labute approximate surface area is 119 Å². The van der Waals surface area contributed by atoms with E-state index < -0.39 is 0 Å². The summed E-state index contributed by atoms with van der Waals surface area (Å²) in [5.41, 5.74) is 2.62. The monoisotopic (exact) mass is 282 g/mol. The van der Waals surface area contributed by atoms with E-state index >= 15 is 0 Å². The third-order valence-electron chi connectivity index (χ3n) is 3.57. The van der Waals surface area contributed by atoms with Gasteiger partial charge in [0.25, 0.3) is 0 Å². The molecule has 3 aromatic rings. The number of para-hydroxylation sites is 1. The maximum absolute atomic E-state index is 14.4. The fourth-order valence-electron chi connectivity index (χ4n) is 2.66. The van der Waals surface area contributed by atoms with Gasteiger partial charge in [0.15, 0.2) is 5.13 Å². The lowest BCUT2D eigenvalue weighted by Gasteiger charge is -2.22. The molecule has 0 fully saturated rings. The molecule has 0 radical (unpaired) electrons. The normalized spacial score (nSPS) is 16.9. The topological polar surface area (TPSA) is 24.4 Å². The standard InChI is InChI=1S/C16H11FN2S/c17-16-14(11-6-2-4-8-13(11)20-16)15-10-5-1-3-7-12(10)18-9-19-15/h1-9,15H,(H,18,19). The third-order valence-corrected chi connectivity index (χ3v) is 4.54. The summed E-state index contributed by atoms with van der Waals surface area (Å²) in [6.45, 7) is 0. The van der Waals surface area contributed by atoms with Gasteiger partial charge in [-0.05, 0) is 12.1 Å². The molecule has 0 bridgehead atoms. The summed E-state index contributed by atoms with van der Waals surface area (Å²) in [5, 5.41) is 4.02. The van der Waals surface area contributed by atoms with Crippen LogP contribution in [-0.2, 0) is 0 Å². The lowest BCUT2D eigenvalue weighted by Crippen LogP contribution is -2.24. The van der Waals surface area contributed by atoms with Crippen molar-refractivity contribution in [3.63, 3.8) is 0 Å². The van der Waals surface area contributed by atoms with Crippen molar-refractivity contribution in [2.24, 2.45) is 4.99 Å². The van der Waals surface area contributed by atoms with Crippen molar-refractivity contribution < 1.29 is 4.39 Å². The first kappa shape index (κ1) is 11.6. The molecule has 0 spiro atoms. The molecule has 2 aromatic carbocycles. The van der Waals surface area contributed by atoms with E-state index in [1.807, 2.05) is 48.5 Å². The van der Waals surface area contributed by atoms with E-state index in [0.717, 1.165) is 21.3 Å². The second-order valence-corrected chi connectivity index (χ2v) is 5.70. The van der Waals surface area contributed by atoms with E-state index in [9.17, 15) is 4.39 Å². The summed E-state index contributed by atoms with van der Waals surface area (Å²) in [6, 6.07) is 15.5. The van der Waals surface area contributed by atoms with Gasteiger partial charge < -0.3 is 5.32 Å². The predicted molar refractivity (Wildman–Crippen MR) is 81.4 cm³/mol. The Morgan fingerprint density at radius 2 is 1.85 bits per heavy atom. The van der Waals surface area contributed by atoms with Crippen molar-refractivity contribution in [1.82, 2.24) is 5.32 Å². The van der Waals surface area contributed by atoms with Gasteiger partial charge in [-0.2, -0.15) is 4.39 Å². The van der Waals surface area contributed by atoms with Gasteiger partial charge in [0.1, 0.15) is 0 Å². The van der Waals surface area contributed by atoms with E-state index in [-0.39, 0.29) is 11.2 Å². The molecule has 4 rings (SSSR count). The second-order valence-electron chi connectivity index (χ2n) is 4.70.